The molecule has 2 atom stereocenters. The number of hydrogen-bond donors (Lipinski definition) is 1. The van der Waals surface area contributed by atoms with Gasteiger partial charge in [-0.25, -0.2) is 0 Å². The molecule has 2 aliphatic rings. The van der Waals surface area contributed by atoms with E-state index < -0.39 is 0 Å². The Labute approximate surface area is 118 Å². The summed E-state index contributed by atoms with van der Waals surface area (Å²) in [4.78, 5) is 2.68. The van der Waals surface area contributed by atoms with E-state index in [-0.39, 0.29) is 0 Å². The number of nitrogens with zero attached hydrogens (tertiary/aromatic N) is 1. The van der Waals surface area contributed by atoms with Crippen molar-refractivity contribution in [1.29, 1.82) is 0 Å². The molecule has 0 aromatic heterocycles. The highest BCUT2D eigenvalue weighted by atomic mass is 79.9. The second-order valence-corrected chi connectivity index (χ2v) is 6.42. The smallest absolute Gasteiger partial charge is 0.0249 e. The molecular formula is C15H21BrN2. The number of hydrogen-bond acceptors (Lipinski definition) is 2. The van der Waals surface area contributed by atoms with E-state index in [4.69, 9.17) is 0 Å². The minimum atomic E-state index is 0.698. The predicted octanol–water partition coefficient (Wildman–Crippen LogP) is 3.17. The Kier molecular flexibility index (Phi) is 4.02. The van der Waals surface area contributed by atoms with Crippen LogP contribution in [0.25, 0.3) is 0 Å². The van der Waals surface area contributed by atoms with Crippen LogP contribution in [0.2, 0.25) is 0 Å². The largest absolute Gasteiger partial charge is 0.308 e. The number of rotatable bonds is 3. The number of benzene rings is 1. The van der Waals surface area contributed by atoms with Crippen LogP contribution >= 0.6 is 15.9 Å². The maximum absolute atomic E-state index is 3.76. The van der Waals surface area contributed by atoms with Crippen LogP contribution in [0.4, 0.5) is 0 Å². The van der Waals surface area contributed by atoms with Gasteiger partial charge in [0.25, 0.3) is 0 Å². The highest BCUT2D eigenvalue weighted by molar-refractivity contribution is 9.10. The Hall–Kier alpha value is -0.380. The fraction of sp³-hybridized carbons (Fsp3) is 0.600. The normalized spacial score (nSPS) is 28.3. The molecule has 1 aromatic carbocycles. The summed E-state index contributed by atoms with van der Waals surface area (Å²) in [6.45, 7) is 3.61. The van der Waals surface area contributed by atoms with Crippen LogP contribution in [0.1, 0.15) is 31.2 Å². The van der Waals surface area contributed by atoms with E-state index in [1.807, 2.05) is 0 Å². The number of fused-ring (bicyclic) bond motifs is 1. The SMILES string of the molecule is Brc1cccc(CNC2CCN3CCCCC23)c1. The Bertz CT molecular complexity index is 407. The van der Waals surface area contributed by atoms with Crippen LogP contribution in [0.15, 0.2) is 28.7 Å². The van der Waals surface area contributed by atoms with Gasteiger partial charge in [0.15, 0.2) is 0 Å². The molecule has 3 heteroatoms. The lowest BCUT2D eigenvalue weighted by molar-refractivity contribution is 0.180. The van der Waals surface area contributed by atoms with E-state index >= 15 is 0 Å². The first-order chi connectivity index (χ1) is 8.83. The molecule has 2 aliphatic heterocycles. The minimum Gasteiger partial charge on any atom is -0.308 e. The van der Waals surface area contributed by atoms with E-state index in [9.17, 15) is 0 Å². The van der Waals surface area contributed by atoms with Crippen LogP contribution in [-0.2, 0) is 6.54 Å². The molecule has 0 saturated carbocycles. The Morgan fingerprint density at radius 3 is 3.06 bits per heavy atom. The van der Waals surface area contributed by atoms with Gasteiger partial charge < -0.3 is 5.32 Å². The molecule has 18 heavy (non-hydrogen) atoms. The molecule has 2 nitrogen and oxygen atoms in total. The molecule has 3 rings (SSSR count). The van der Waals surface area contributed by atoms with Gasteiger partial charge in [-0.15, -0.1) is 0 Å². The highest BCUT2D eigenvalue weighted by Crippen LogP contribution is 2.27. The summed E-state index contributed by atoms with van der Waals surface area (Å²) in [6.07, 6.45) is 5.51. The molecule has 0 radical (unpaired) electrons. The third-order valence-electron chi connectivity index (χ3n) is 4.31. The number of piperidine rings is 1. The van der Waals surface area contributed by atoms with Crippen molar-refractivity contribution in [3.8, 4) is 0 Å². The summed E-state index contributed by atoms with van der Waals surface area (Å²) in [5.74, 6) is 0. The van der Waals surface area contributed by atoms with Gasteiger partial charge >= 0.3 is 0 Å². The predicted molar refractivity (Wildman–Crippen MR) is 78.6 cm³/mol. The van der Waals surface area contributed by atoms with Gasteiger partial charge in [0.1, 0.15) is 0 Å². The molecule has 1 N–H and O–H groups in total. The molecule has 2 heterocycles. The Morgan fingerprint density at radius 2 is 2.17 bits per heavy atom. The maximum Gasteiger partial charge on any atom is 0.0249 e. The van der Waals surface area contributed by atoms with Gasteiger partial charge in [0, 0.05) is 29.6 Å². The van der Waals surface area contributed by atoms with Gasteiger partial charge in [-0.3, -0.25) is 4.90 Å². The van der Waals surface area contributed by atoms with Crippen molar-refractivity contribution in [3.63, 3.8) is 0 Å². The van der Waals surface area contributed by atoms with Crippen molar-refractivity contribution in [2.24, 2.45) is 0 Å². The van der Waals surface area contributed by atoms with Gasteiger partial charge in [-0.05, 0) is 43.5 Å². The van der Waals surface area contributed by atoms with Crippen LogP contribution in [-0.4, -0.2) is 30.1 Å². The van der Waals surface area contributed by atoms with Gasteiger partial charge in [-0.1, -0.05) is 34.5 Å². The van der Waals surface area contributed by atoms with Crippen LogP contribution in [0.5, 0.6) is 0 Å². The van der Waals surface area contributed by atoms with Crippen molar-refractivity contribution in [2.45, 2.75) is 44.3 Å². The molecule has 98 valence electrons. The maximum atomic E-state index is 3.76. The zero-order chi connectivity index (χ0) is 12.4. The molecule has 1 aromatic rings. The standard InChI is InChI=1S/C15H21BrN2/c16-13-5-3-4-12(10-13)11-17-14-7-9-18-8-2-1-6-15(14)18/h3-5,10,14-15,17H,1-2,6-9,11H2. The van der Waals surface area contributed by atoms with Crippen LogP contribution in [0.3, 0.4) is 0 Å². The lowest BCUT2D eigenvalue weighted by Gasteiger charge is -2.32. The Morgan fingerprint density at radius 1 is 1.22 bits per heavy atom. The number of halogens is 1. The average Bonchev–Trinajstić information content (AvgIpc) is 2.80. The van der Waals surface area contributed by atoms with Gasteiger partial charge in [-0.2, -0.15) is 0 Å². The molecule has 0 bridgehead atoms. The van der Waals surface area contributed by atoms with Gasteiger partial charge in [0.2, 0.25) is 0 Å². The van der Waals surface area contributed by atoms with E-state index in [0.717, 1.165) is 12.6 Å². The molecule has 2 unspecified atom stereocenters. The first kappa shape index (κ1) is 12.6. The topological polar surface area (TPSA) is 15.3 Å². The van der Waals surface area contributed by atoms with Crippen molar-refractivity contribution < 1.29 is 0 Å². The average molecular weight is 309 g/mol. The van der Waals surface area contributed by atoms with E-state index in [1.54, 1.807) is 0 Å². The Balaban J connectivity index is 1.57. The lowest BCUT2D eigenvalue weighted by Crippen LogP contribution is -2.44. The first-order valence-corrected chi connectivity index (χ1v) is 7.84. The molecule has 0 spiro atoms. The third-order valence-corrected chi connectivity index (χ3v) is 4.81. The molecule has 2 saturated heterocycles. The zero-order valence-corrected chi connectivity index (χ0v) is 12.3. The fourth-order valence-electron chi connectivity index (χ4n) is 3.38. The second kappa shape index (κ2) is 5.72. The monoisotopic (exact) mass is 308 g/mol. The second-order valence-electron chi connectivity index (χ2n) is 5.51. The summed E-state index contributed by atoms with van der Waals surface area (Å²) in [6, 6.07) is 10.1. The molecule has 2 fully saturated rings. The van der Waals surface area contributed by atoms with Crippen LogP contribution in [0, 0.1) is 0 Å². The van der Waals surface area contributed by atoms with E-state index in [0.29, 0.717) is 6.04 Å². The van der Waals surface area contributed by atoms with Crippen molar-refractivity contribution in [1.82, 2.24) is 10.2 Å². The summed E-state index contributed by atoms with van der Waals surface area (Å²) in [5, 5.41) is 3.76. The van der Waals surface area contributed by atoms with E-state index in [1.165, 1.54) is 48.8 Å². The number of nitrogens with one attached hydrogen (secondary N) is 1. The van der Waals surface area contributed by atoms with Crippen molar-refractivity contribution in [2.75, 3.05) is 13.1 Å². The third kappa shape index (κ3) is 2.79. The van der Waals surface area contributed by atoms with Crippen molar-refractivity contribution in [3.05, 3.63) is 34.3 Å². The quantitative estimate of drug-likeness (QED) is 0.922. The summed E-state index contributed by atoms with van der Waals surface area (Å²) < 4.78 is 1.17. The van der Waals surface area contributed by atoms with Crippen molar-refractivity contribution >= 4 is 15.9 Å². The van der Waals surface area contributed by atoms with E-state index in [2.05, 4.69) is 50.4 Å². The molecule has 0 amide bonds. The zero-order valence-electron chi connectivity index (χ0n) is 10.7. The summed E-state index contributed by atoms with van der Waals surface area (Å²) in [5.41, 5.74) is 1.37. The van der Waals surface area contributed by atoms with Gasteiger partial charge in [0.05, 0.1) is 0 Å². The summed E-state index contributed by atoms with van der Waals surface area (Å²) >= 11 is 3.54. The lowest BCUT2D eigenvalue weighted by atomic mass is 9.99. The molecule has 0 aliphatic carbocycles. The summed E-state index contributed by atoms with van der Waals surface area (Å²) in [7, 11) is 0. The fourth-order valence-corrected chi connectivity index (χ4v) is 3.83. The minimum absolute atomic E-state index is 0.698. The molecular weight excluding hydrogens is 288 g/mol. The highest BCUT2D eigenvalue weighted by Gasteiger charge is 2.34. The first-order valence-electron chi connectivity index (χ1n) is 7.05. The van der Waals surface area contributed by atoms with Crippen LogP contribution < -0.4 is 5.32 Å².